The molecule has 6 nitrogen and oxygen atoms in total. The summed E-state index contributed by atoms with van der Waals surface area (Å²) in [4.78, 5) is 15.1. The maximum atomic E-state index is 9.83. The molecule has 90 valence electrons. The number of aromatic amines is 1. The smallest absolute Gasteiger partial charge is 0.183 e. The Kier molecular flexibility index (Phi) is 2.31. The van der Waals surface area contributed by atoms with E-state index in [0.717, 1.165) is 0 Å². The number of imidazole rings is 1. The zero-order valence-electron chi connectivity index (χ0n) is 9.05. The number of phenolic OH excluding ortho intramolecular Hbond substituents is 1. The molecule has 2 aromatic heterocycles. The molecule has 0 aliphatic carbocycles. The average molecular weight is 262 g/mol. The van der Waals surface area contributed by atoms with Crippen LogP contribution in [0.4, 0.5) is 5.82 Å². The van der Waals surface area contributed by atoms with Gasteiger partial charge in [-0.2, -0.15) is 0 Å². The Balaban J connectivity index is 2.23. The van der Waals surface area contributed by atoms with E-state index in [-0.39, 0.29) is 5.75 Å². The normalized spacial score (nSPS) is 10.9. The van der Waals surface area contributed by atoms with E-state index >= 15 is 0 Å². The molecule has 7 heteroatoms. The molecule has 0 bridgehead atoms. The van der Waals surface area contributed by atoms with E-state index in [9.17, 15) is 5.11 Å². The fraction of sp³-hybridized carbons (Fsp3) is 0. The fourth-order valence-corrected chi connectivity index (χ4v) is 1.85. The number of aromatic hydroxyl groups is 1. The molecule has 1 aromatic carbocycles. The standard InChI is InChI=1S/C11H8ClN5O/c12-5-1-2-6(7(18)3-5)10-16-8-9(13)14-4-15-11(8)17-10/h1-4,18H,(H3,13,14,15,16,17). The third kappa shape index (κ3) is 1.63. The highest BCUT2D eigenvalue weighted by molar-refractivity contribution is 6.30. The number of benzene rings is 1. The summed E-state index contributed by atoms with van der Waals surface area (Å²) < 4.78 is 0. The SMILES string of the molecule is Nc1ncnc2nc(-c3ccc(Cl)cc3O)[nH]c12. The molecule has 0 unspecified atom stereocenters. The number of nitrogens with zero attached hydrogens (tertiary/aromatic N) is 3. The molecule has 0 aliphatic rings. The Morgan fingerprint density at radius 2 is 2.11 bits per heavy atom. The Labute approximate surface area is 106 Å². The van der Waals surface area contributed by atoms with Crippen molar-refractivity contribution in [2.24, 2.45) is 0 Å². The van der Waals surface area contributed by atoms with Gasteiger partial charge in [0, 0.05) is 5.02 Å². The predicted molar refractivity (Wildman–Crippen MR) is 68.2 cm³/mol. The van der Waals surface area contributed by atoms with Crippen molar-refractivity contribution >= 4 is 28.6 Å². The molecular weight excluding hydrogens is 254 g/mol. The summed E-state index contributed by atoms with van der Waals surface area (Å²) in [5.74, 6) is 0.812. The maximum Gasteiger partial charge on any atom is 0.183 e. The Hall–Kier alpha value is -2.34. The lowest BCUT2D eigenvalue weighted by Crippen LogP contribution is -1.91. The van der Waals surface area contributed by atoms with Crippen molar-refractivity contribution in [3.63, 3.8) is 0 Å². The number of aromatic nitrogens is 4. The van der Waals surface area contributed by atoms with Crippen molar-refractivity contribution in [1.82, 2.24) is 19.9 Å². The van der Waals surface area contributed by atoms with Crippen LogP contribution < -0.4 is 5.73 Å². The lowest BCUT2D eigenvalue weighted by Gasteiger charge is -2.00. The lowest BCUT2D eigenvalue weighted by atomic mass is 10.2. The van der Waals surface area contributed by atoms with E-state index in [1.165, 1.54) is 12.4 Å². The first-order valence-electron chi connectivity index (χ1n) is 5.10. The summed E-state index contributed by atoms with van der Waals surface area (Å²) in [5.41, 5.74) is 7.22. The molecule has 0 saturated carbocycles. The van der Waals surface area contributed by atoms with E-state index in [1.807, 2.05) is 0 Å². The van der Waals surface area contributed by atoms with Crippen LogP contribution in [0.25, 0.3) is 22.6 Å². The fourth-order valence-electron chi connectivity index (χ4n) is 1.68. The van der Waals surface area contributed by atoms with Crippen LogP contribution in [0, 0.1) is 0 Å². The molecule has 18 heavy (non-hydrogen) atoms. The third-order valence-electron chi connectivity index (χ3n) is 2.53. The molecule has 0 atom stereocenters. The van der Waals surface area contributed by atoms with E-state index in [0.29, 0.717) is 33.4 Å². The molecule has 0 fully saturated rings. The van der Waals surface area contributed by atoms with Gasteiger partial charge < -0.3 is 15.8 Å². The zero-order chi connectivity index (χ0) is 12.7. The summed E-state index contributed by atoms with van der Waals surface area (Å²) in [7, 11) is 0. The number of nitrogen functional groups attached to an aromatic ring is 1. The van der Waals surface area contributed by atoms with Crippen molar-refractivity contribution in [2.45, 2.75) is 0 Å². The van der Waals surface area contributed by atoms with Crippen molar-refractivity contribution < 1.29 is 5.11 Å². The van der Waals surface area contributed by atoms with Gasteiger partial charge in [0.2, 0.25) is 0 Å². The molecule has 0 radical (unpaired) electrons. The van der Waals surface area contributed by atoms with Crippen molar-refractivity contribution in [2.75, 3.05) is 5.73 Å². The molecule has 0 amide bonds. The van der Waals surface area contributed by atoms with Crippen molar-refractivity contribution in [3.05, 3.63) is 29.5 Å². The topological polar surface area (TPSA) is 101 Å². The first kappa shape index (κ1) is 10.8. The van der Waals surface area contributed by atoms with Gasteiger partial charge in [-0.1, -0.05) is 11.6 Å². The molecule has 0 aliphatic heterocycles. The van der Waals surface area contributed by atoms with Crippen LogP contribution in [0.1, 0.15) is 0 Å². The number of nitrogens with two attached hydrogens (primary N) is 1. The van der Waals surface area contributed by atoms with E-state index in [2.05, 4.69) is 19.9 Å². The molecule has 2 heterocycles. The Bertz CT molecular complexity index is 739. The minimum atomic E-state index is 0.0353. The van der Waals surface area contributed by atoms with Crippen LogP contribution in [0.15, 0.2) is 24.5 Å². The van der Waals surface area contributed by atoms with E-state index < -0.39 is 0 Å². The maximum absolute atomic E-state index is 9.83. The van der Waals surface area contributed by atoms with Crippen LogP contribution in [-0.2, 0) is 0 Å². The van der Waals surface area contributed by atoms with E-state index in [4.69, 9.17) is 17.3 Å². The van der Waals surface area contributed by atoms with Crippen LogP contribution in [0.5, 0.6) is 5.75 Å². The number of rotatable bonds is 1. The highest BCUT2D eigenvalue weighted by atomic mass is 35.5. The van der Waals surface area contributed by atoms with Gasteiger partial charge in [-0.25, -0.2) is 15.0 Å². The minimum absolute atomic E-state index is 0.0353. The lowest BCUT2D eigenvalue weighted by molar-refractivity contribution is 0.477. The number of H-pyrrole nitrogens is 1. The quantitative estimate of drug-likeness (QED) is 0.622. The molecule has 3 aromatic rings. The molecule has 0 spiro atoms. The highest BCUT2D eigenvalue weighted by Gasteiger charge is 2.12. The largest absolute Gasteiger partial charge is 0.507 e. The summed E-state index contributed by atoms with van der Waals surface area (Å²) >= 11 is 5.78. The molecule has 4 N–H and O–H groups in total. The van der Waals surface area contributed by atoms with Crippen LogP contribution in [0.2, 0.25) is 5.02 Å². The van der Waals surface area contributed by atoms with Gasteiger partial charge in [-0.15, -0.1) is 0 Å². The Morgan fingerprint density at radius 1 is 1.28 bits per heavy atom. The minimum Gasteiger partial charge on any atom is -0.507 e. The third-order valence-corrected chi connectivity index (χ3v) is 2.77. The summed E-state index contributed by atoms with van der Waals surface area (Å²) in [6.45, 7) is 0. The van der Waals surface area contributed by atoms with Gasteiger partial charge in [-0.05, 0) is 18.2 Å². The number of fused-ring (bicyclic) bond motifs is 1. The number of hydrogen-bond acceptors (Lipinski definition) is 5. The van der Waals surface area contributed by atoms with Gasteiger partial charge in [0.25, 0.3) is 0 Å². The molecular formula is C11H8ClN5O. The second kappa shape index (κ2) is 3.85. The summed E-state index contributed by atoms with van der Waals surface area (Å²) in [6.07, 6.45) is 1.34. The van der Waals surface area contributed by atoms with E-state index in [1.54, 1.807) is 12.1 Å². The Morgan fingerprint density at radius 3 is 2.83 bits per heavy atom. The number of anilines is 1. The molecule has 0 saturated heterocycles. The predicted octanol–water partition coefficient (Wildman–Crippen LogP) is 1.96. The number of nitrogens with one attached hydrogen (secondary N) is 1. The van der Waals surface area contributed by atoms with Gasteiger partial charge in [0.05, 0.1) is 5.56 Å². The molecule has 3 rings (SSSR count). The first-order valence-corrected chi connectivity index (χ1v) is 5.48. The average Bonchev–Trinajstić information content (AvgIpc) is 2.74. The van der Waals surface area contributed by atoms with Gasteiger partial charge in [0.1, 0.15) is 23.4 Å². The van der Waals surface area contributed by atoms with Gasteiger partial charge in [-0.3, -0.25) is 0 Å². The number of halogens is 1. The monoisotopic (exact) mass is 261 g/mol. The first-order chi connectivity index (χ1) is 8.65. The summed E-state index contributed by atoms with van der Waals surface area (Å²) in [5, 5.41) is 10.3. The van der Waals surface area contributed by atoms with Crippen molar-refractivity contribution in [1.29, 1.82) is 0 Å². The summed E-state index contributed by atoms with van der Waals surface area (Å²) in [6, 6.07) is 4.77. The van der Waals surface area contributed by atoms with Gasteiger partial charge in [0.15, 0.2) is 11.5 Å². The zero-order valence-corrected chi connectivity index (χ0v) is 9.81. The van der Waals surface area contributed by atoms with Gasteiger partial charge >= 0.3 is 0 Å². The second-order valence-electron chi connectivity index (χ2n) is 3.70. The second-order valence-corrected chi connectivity index (χ2v) is 4.14. The van der Waals surface area contributed by atoms with Crippen LogP contribution in [-0.4, -0.2) is 25.0 Å². The van der Waals surface area contributed by atoms with Crippen LogP contribution in [0.3, 0.4) is 0 Å². The van der Waals surface area contributed by atoms with Crippen molar-refractivity contribution in [3.8, 4) is 17.1 Å². The number of hydrogen-bond donors (Lipinski definition) is 3. The highest BCUT2D eigenvalue weighted by Crippen LogP contribution is 2.31. The number of phenols is 1. The van der Waals surface area contributed by atoms with Crippen LogP contribution >= 0.6 is 11.6 Å².